The van der Waals surface area contributed by atoms with E-state index >= 15 is 0 Å². The molecule has 0 aromatic rings. The van der Waals surface area contributed by atoms with Crippen LogP contribution in [0.25, 0.3) is 0 Å². The second-order valence-electron chi connectivity index (χ2n) is 7.64. The minimum atomic E-state index is -1.02. The van der Waals surface area contributed by atoms with Gasteiger partial charge in [0.25, 0.3) is 0 Å². The van der Waals surface area contributed by atoms with Gasteiger partial charge < -0.3 is 21.1 Å². The topological polar surface area (TPSA) is 116 Å². The number of hydrogen-bond donors (Lipinski definition) is 3. The third kappa shape index (κ3) is 6.53. The summed E-state index contributed by atoms with van der Waals surface area (Å²) in [6, 6.07) is -1.23. The zero-order chi connectivity index (χ0) is 20.7. The lowest BCUT2D eigenvalue weighted by Gasteiger charge is -2.45. The van der Waals surface area contributed by atoms with Crippen molar-refractivity contribution in [2.75, 3.05) is 19.6 Å². The molecule has 1 aliphatic heterocycles. The Morgan fingerprint density at radius 2 is 1.93 bits per heavy atom. The summed E-state index contributed by atoms with van der Waals surface area (Å²) in [4.78, 5) is 40.7. The van der Waals surface area contributed by atoms with Crippen LogP contribution in [0.3, 0.4) is 0 Å². The Hall–Kier alpha value is -2.09. The fourth-order valence-electron chi connectivity index (χ4n) is 3.50. The highest BCUT2D eigenvalue weighted by molar-refractivity contribution is 5.93. The van der Waals surface area contributed by atoms with Gasteiger partial charge in [-0.05, 0) is 26.7 Å². The van der Waals surface area contributed by atoms with Gasteiger partial charge in [-0.15, -0.1) is 0 Å². The van der Waals surface area contributed by atoms with Gasteiger partial charge in [0.1, 0.15) is 6.04 Å². The maximum Gasteiger partial charge on any atom is 0.305 e. The highest BCUT2D eigenvalue weighted by atomic mass is 16.4. The first-order valence-corrected chi connectivity index (χ1v) is 9.56. The fourth-order valence-corrected chi connectivity index (χ4v) is 3.50. The lowest BCUT2D eigenvalue weighted by Crippen LogP contribution is -2.63. The molecule has 1 heterocycles. The van der Waals surface area contributed by atoms with E-state index in [1.807, 2.05) is 32.6 Å². The van der Waals surface area contributed by atoms with Crippen LogP contribution in [0.4, 0.5) is 0 Å². The molecule has 4 N–H and O–H groups in total. The van der Waals surface area contributed by atoms with E-state index in [1.54, 1.807) is 4.90 Å². The van der Waals surface area contributed by atoms with Crippen molar-refractivity contribution in [1.29, 1.82) is 0 Å². The molecule has 27 heavy (non-hydrogen) atoms. The molecule has 0 spiro atoms. The number of Topliss-reactive ketones (excluding diaryl/α,β-unsaturated/α-hetero) is 1. The molecule has 0 aliphatic carbocycles. The second-order valence-corrected chi connectivity index (χ2v) is 7.64. The number of piperazine rings is 1. The van der Waals surface area contributed by atoms with Gasteiger partial charge in [0.05, 0.1) is 18.3 Å². The van der Waals surface area contributed by atoms with Crippen molar-refractivity contribution in [3.8, 4) is 0 Å². The largest absolute Gasteiger partial charge is 0.481 e. The predicted molar refractivity (Wildman–Crippen MR) is 104 cm³/mol. The maximum atomic E-state index is 13.1. The van der Waals surface area contributed by atoms with Crippen molar-refractivity contribution in [2.45, 2.75) is 65.1 Å². The molecule has 0 saturated carbocycles. The van der Waals surface area contributed by atoms with E-state index in [9.17, 15) is 19.5 Å². The molecular formula is C19H34N4O4. The van der Waals surface area contributed by atoms with E-state index < -0.39 is 18.1 Å². The van der Waals surface area contributed by atoms with E-state index in [4.69, 9.17) is 5.73 Å². The SMILES string of the molecule is C=C(N)NCCC[C@@H](C(=O)C(C)C)N1CCN(C(C)C)[C@@H](CC(=O)O)C1=O. The number of nitrogens with zero attached hydrogens (tertiary/aromatic N) is 2. The summed E-state index contributed by atoms with van der Waals surface area (Å²) in [5.74, 6) is -1.13. The van der Waals surface area contributed by atoms with Crippen LogP contribution < -0.4 is 11.1 Å². The number of hydrogen-bond acceptors (Lipinski definition) is 6. The lowest BCUT2D eigenvalue weighted by atomic mass is 9.94. The molecule has 2 atom stereocenters. The van der Waals surface area contributed by atoms with Crippen LogP contribution in [0.15, 0.2) is 12.4 Å². The first kappa shape index (κ1) is 23.0. The zero-order valence-electron chi connectivity index (χ0n) is 16.9. The van der Waals surface area contributed by atoms with E-state index in [0.29, 0.717) is 38.3 Å². The van der Waals surface area contributed by atoms with Crippen LogP contribution >= 0.6 is 0 Å². The number of rotatable bonds is 11. The van der Waals surface area contributed by atoms with Crippen molar-refractivity contribution < 1.29 is 19.5 Å². The number of carboxylic acids is 1. The Morgan fingerprint density at radius 3 is 2.41 bits per heavy atom. The smallest absolute Gasteiger partial charge is 0.305 e. The molecule has 8 nitrogen and oxygen atoms in total. The van der Waals surface area contributed by atoms with Crippen molar-refractivity contribution in [1.82, 2.24) is 15.1 Å². The molecule has 1 rings (SSSR count). The second kappa shape index (κ2) is 10.3. The molecule has 1 saturated heterocycles. The van der Waals surface area contributed by atoms with Crippen LogP contribution in [0.1, 0.15) is 47.0 Å². The van der Waals surface area contributed by atoms with Crippen molar-refractivity contribution >= 4 is 17.7 Å². The van der Waals surface area contributed by atoms with Crippen molar-refractivity contribution in [3.63, 3.8) is 0 Å². The summed E-state index contributed by atoms with van der Waals surface area (Å²) in [6.07, 6.45) is 0.899. The van der Waals surface area contributed by atoms with Crippen molar-refractivity contribution in [3.05, 3.63) is 12.4 Å². The van der Waals surface area contributed by atoms with Gasteiger partial charge in [0.15, 0.2) is 5.78 Å². The van der Waals surface area contributed by atoms with Crippen LogP contribution in [0.5, 0.6) is 0 Å². The maximum absolute atomic E-state index is 13.1. The average molecular weight is 383 g/mol. The Kier molecular flexibility index (Phi) is 8.75. The highest BCUT2D eigenvalue weighted by Gasteiger charge is 2.41. The summed E-state index contributed by atoms with van der Waals surface area (Å²) in [7, 11) is 0. The predicted octanol–water partition coefficient (Wildman–Crippen LogP) is 0.776. The standard InChI is InChI=1S/C19H34N4O4/c1-12(2)18(26)15(7-6-8-21-14(5)20)23-10-9-22(13(3)4)16(19(23)27)11-17(24)25/h12-13,15-16,21H,5-11,20H2,1-4H3,(H,24,25)/t15-,16-/m0/s1. The summed E-state index contributed by atoms with van der Waals surface area (Å²) < 4.78 is 0. The molecule has 0 radical (unpaired) electrons. The Balaban J connectivity index is 2.98. The van der Waals surface area contributed by atoms with Gasteiger partial charge in [-0.2, -0.15) is 0 Å². The van der Waals surface area contributed by atoms with E-state index in [0.717, 1.165) is 0 Å². The zero-order valence-corrected chi connectivity index (χ0v) is 16.9. The first-order valence-electron chi connectivity index (χ1n) is 9.56. The summed E-state index contributed by atoms with van der Waals surface area (Å²) in [6.45, 7) is 12.6. The fraction of sp³-hybridized carbons (Fsp3) is 0.737. The van der Waals surface area contributed by atoms with Gasteiger partial charge in [0.2, 0.25) is 5.91 Å². The Morgan fingerprint density at radius 1 is 1.30 bits per heavy atom. The summed E-state index contributed by atoms with van der Waals surface area (Å²) >= 11 is 0. The minimum Gasteiger partial charge on any atom is -0.481 e. The number of carboxylic acid groups (broad SMARTS) is 1. The number of carbonyl (C=O) groups excluding carboxylic acids is 2. The normalized spacial score (nSPS) is 19.4. The molecular weight excluding hydrogens is 348 g/mol. The third-order valence-corrected chi connectivity index (χ3v) is 4.88. The molecule has 1 aliphatic rings. The number of carbonyl (C=O) groups is 3. The van der Waals surface area contributed by atoms with Gasteiger partial charge in [-0.3, -0.25) is 19.3 Å². The van der Waals surface area contributed by atoms with Gasteiger partial charge >= 0.3 is 5.97 Å². The molecule has 1 fully saturated rings. The Bertz CT molecular complexity index is 562. The van der Waals surface area contributed by atoms with E-state index in [-0.39, 0.29) is 30.1 Å². The number of nitrogens with two attached hydrogens (primary N) is 1. The van der Waals surface area contributed by atoms with Crippen LogP contribution in [0.2, 0.25) is 0 Å². The van der Waals surface area contributed by atoms with Gasteiger partial charge in [0, 0.05) is 31.6 Å². The molecule has 0 aromatic carbocycles. The van der Waals surface area contributed by atoms with Crippen LogP contribution in [0, 0.1) is 5.92 Å². The molecule has 0 unspecified atom stereocenters. The molecule has 154 valence electrons. The van der Waals surface area contributed by atoms with Crippen LogP contribution in [-0.2, 0) is 14.4 Å². The number of ketones is 1. The lowest BCUT2D eigenvalue weighted by molar-refractivity contribution is -0.155. The average Bonchev–Trinajstić information content (AvgIpc) is 2.55. The third-order valence-electron chi connectivity index (χ3n) is 4.88. The number of amides is 1. The Labute approximate surface area is 161 Å². The number of aliphatic carboxylic acids is 1. The minimum absolute atomic E-state index is 0.00185. The highest BCUT2D eigenvalue weighted by Crippen LogP contribution is 2.23. The summed E-state index contributed by atoms with van der Waals surface area (Å²) in [5.41, 5.74) is 5.49. The number of nitrogens with one attached hydrogen (secondary N) is 1. The molecule has 1 amide bonds. The molecule has 0 aromatic heterocycles. The van der Waals surface area contributed by atoms with E-state index in [1.165, 1.54) is 0 Å². The monoisotopic (exact) mass is 382 g/mol. The van der Waals surface area contributed by atoms with Gasteiger partial charge in [-0.25, -0.2) is 0 Å². The summed E-state index contributed by atoms with van der Waals surface area (Å²) in [5, 5.41) is 12.2. The quantitative estimate of drug-likeness (QED) is 0.452. The van der Waals surface area contributed by atoms with Crippen molar-refractivity contribution in [2.24, 2.45) is 11.7 Å². The first-order chi connectivity index (χ1) is 12.6. The van der Waals surface area contributed by atoms with Gasteiger partial charge in [-0.1, -0.05) is 20.4 Å². The van der Waals surface area contributed by atoms with E-state index in [2.05, 4.69) is 11.9 Å². The molecule has 0 bridgehead atoms. The molecule has 8 heteroatoms. The van der Waals surface area contributed by atoms with Crippen LogP contribution in [-0.4, -0.2) is 70.3 Å².